The highest BCUT2D eigenvalue weighted by molar-refractivity contribution is 5.76. The summed E-state index contributed by atoms with van der Waals surface area (Å²) in [6, 6.07) is 0.353. The van der Waals surface area contributed by atoms with Crippen LogP contribution in [-0.2, 0) is 9.53 Å². The maximum absolute atomic E-state index is 11.5. The molecule has 1 rings (SSSR count). The molecule has 1 aliphatic heterocycles. The minimum Gasteiger partial charge on any atom is -0.459 e. The highest BCUT2D eigenvalue weighted by atomic mass is 16.6. The fourth-order valence-electron chi connectivity index (χ4n) is 1.49. The molecule has 2 unspecified atom stereocenters. The average molecular weight is 245 g/mol. The second-order valence-electron chi connectivity index (χ2n) is 4.73. The van der Waals surface area contributed by atoms with Gasteiger partial charge in [-0.25, -0.2) is 0 Å². The van der Waals surface area contributed by atoms with Crippen LogP contribution in [0.15, 0.2) is 0 Å². The van der Waals surface area contributed by atoms with Gasteiger partial charge in [0.2, 0.25) is 0 Å². The molecule has 1 aliphatic rings. The van der Waals surface area contributed by atoms with Gasteiger partial charge in [-0.15, -0.1) is 0 Å². The molecule has 104 valence electrons. The molecule has 0 aromatic heterocycles. The van der Waals surface area contributed by atoms with Crippen LogP contribution in [0.5, 0.6) is 0 Å². The van der Waals surface area contributed by atoms with Crippen LogP contribution in [0.1, 0.15) is 68.2 Å². The molecule has 0 bridgehead atoms. The van der Waals surface area contributed by atoms with E-state index in [9.17, 15) is 4.79 Å². The molecule has 1 heterocycles. The van der Waals surface area contributed by atoms with Gasteiger partial charge in [0.15, 0.2) is 0 Å². The largest absolute Gasteiger partial charge is 0.459 e. The number of nitrogens with one attached hydrogen (secondary N) is 1. The summed E-state index contributed by atoms with van der Waals surface area (Å²) in [5.74, 6) is -0.114. The van der Waals surface area contributed by atoms with E-state index in [0.717, 1.165) is 12.8 Å². The van der Waals surface area contributed by atoms with Crippen LogP contribution in [0, 0.1) is 0 Å². The van der Waals surface area contributed by atoms with Gasteiger partial charge in [0.25, 0.3) is 0 Å². The molecule has 0 aromatic rings. The number of hydrogen-bond acceptors (Lipinski definition) is 3. The molecular formula is C14H31NO2. The summed E-state index contributed by atoms with van der Waals surface area (Å²) < 4.78 is 5.27. The van der Waals surface area contributed by atoms with Crippen molar-refractivity contribution in [3.05, 3.63) is 0 Å². The Morgan fingerprint density at radius 3 is 1.88 bits per heavy atom. The Hall–Kier alpha value is -0.570. The van der Waals surface area contributed by atoms with E-state index < -0.39 is 0 Å². The van der Waals surface area contributed by atoms with Gasteiger partial charge < -0.3 is 10.1 Å². The zero-order valence-corrected chi connectivity index (χ0v) is 12.9. The molecular weight excluding hydrogens is 214 g/mol. The van der Waals surface area contributed by atoms with E-state index in [2.05, 4.69) is 12.2 Å². The predicted octanol–water partition coefficient (Wildman–Crippen LogP) is 3.52. The molecule has 1 N–H and O–H groups in total. The maximum atomic E-state index is 11.5. The Bertz CT molecular complexity index is 197. The van der Waals surface area contributed by atoms with Crippen LogP contribution in [0.4, 0.5) is 0 Å². The van der Waals surface area contributed by atoms with E-state index >= 15 is 0 Å². The molecule has 2 atom stereocenters. The second kappa shape index (κ2) is 9.46. The summed E-state index contributed by atoms with van der Waals surface area (Å²) in [6.07, 6.45) is 1.96. The van der Waals surface area contributed by atoms with Crippen molar-refractivity contribution in [3.63, 3.8) is 0 Å². The zero-order valence-electron chi connectivity index (χ0n) is 12.9. The van der Waals surface area contributed by atoms with Crippen LogP contribution >= 0.6 is 0 Å². The van der Waals surface area contributed by atoms with Crippen molar-refractivity contribution in [1.29, 1.82) is 0 Å². The first-order valence-electron chi connectivity index (χ1n) is 6.87. The zero-order chi connectivity index (χ0) is 14.1. The molecule has 0 saturated carbocycles. The fourth-order valence-corrected chi connectivity index (χ4v) is 1.49. The number of esters is 1. The quantitative estimate of drug-likeness (QED) is 0.718. The number of ether oxygens (including phenoxy) is 1. The molecule has 0 amide bonds. The van der Waals surface area contributed by atoms with Gasteiger partial charge in [-0.3, -0.25) is 4.79 Å². The number of hydrogen-bond donors (Lipinski definition) is 1. The monoisotopic (exact) mass is 245 g/mol. The number of rotatable bonds is 1. The normalized spacial score (nSPS) is 22.8. The first-order chi connectivity index (χ1) is 7.88. The van der Waals surface area contributed by atoms with Crippen LogP contribution < -0.4 is 5.32 Å². The number of carbonyl (C=O) groups excluding carboxylic acids is 1. The number of carbonyl (C=O) groups is 1. The Balaban J connectivity index is 0. The molecule has 0 radical (unpaired) electrons. The maximum Gasteiger partial charge on any atom is 0.323 e. The van der Waals surface area contributed by atoms with Gasteiger partial charge >= 0.3 is 5.97 Å². The summed E-state index contributed by atoms with van der Waals surface area (Å²) >= 11 is 0. The average Bonchev–Trinajstić information content (AvgIpc) is 2.69. The first kappa shape index (κ1) is 18.8. The smallest absolute Gasteiger partial charge is 0.323 e. The summed E-state index contributed by atoms with van der Waals surface area (Å²) in [6.45, 7) is 15.8. The van der Waals surface area contributed by atoms with E-state index in [1.165, 1.54) is 0 Å². The third-order valence-electron chi connectivity index (χ3n) is 2.07. The second-order valence-corrected chi connectivity index (χ2v) is 4.73. The van der Waals surface area contributed by atoms with E-state index in [0.29, 0.717) is 6.04 Å². The van der Waals surface area contributed by atoms with E-state index in [1.54, 1.807) is 0 Å². The molecule has 0 spiro atoms. The van der Waals surface area contributed by atoms with Crippen LogP contribution in [0.2, 0.25) is 0 Å². The molecule has 0 aromatic carbocycles. The third-order valence-corrected chi connectivity index (χ3v) is 2.07. The molecule has 3 nitrogen and oxygen atoms in total. The Labute approximate surface area is 107 Å². The minimum absolute atomic E-state index is 0.0887. The van der Waals surface area contributed by atoms with Gasteiger partial charge in [-0.05, 0) is 40.5 Å². The summed E-state index contributed by atoms with van der Waals surface area (Å²) in [5, 5.41) is 3.20. The summed E-state index contributed by atoms with van der Waals surface area (Å²) in [5.41, 5.74) is -0.370. The SMILES string of the molecule is CC.CC.CC1CCC(C(=O)OC(C)(C)C)N1. The lowest BCUT2D eigenvalue weighted by atomic mass is 10.1. The van der Waals surface area contributed by atoms with Crippen molar-refractivity contribution < 1.29 is 9.53 Å². The molecule has 0 aliphatic carbocycles. The van der Waals surface area contributed by atoms with Gasteiger partial charge in [0, 0.05) is 6.04 Å². The third kappa shape index (κ3) is 9.16. The molecule has 1 fully saturated rings. The lowest BCUT2D eigenvalue weighted by Crippen LogP contribution is -2.39. The highest BCUT2D eigenvalue weighted by Gasteiger charge is 2.30. The van der Waals surface area contributed by atoms with Gasteiger partial charge in [-0.2, -0.15) is 0 Å². The molecule has 1 saturated heterocycles. The highest BCUT2D eigenvalue weighted by Crippen LogP contribution is 2.16. The van der Waals surface area contributed by atoms with Crippen molar-refractivity contribution in [3.8, 4) is 0 Å². The standard InChI is InChI=1S/C10H19NO2.2C2H6/c1-7-5-6-8(11-7)9(12)13-10(2,3)4;2*1-2/h7-8,11H,5-6H2,1-4H3;2*1-2H3. The summed E-state index contributed by atoms with van der Waals surface area (Å²) in [4.78, 5) is 11.5. The lowest BCUT2D eigenvalue weighted by molar-refractivity contribution is -0.157. The lowest BCUT2D eigenvalue weighted by Gasteiger charge is -2.22. The fraction of sp³-hybridized carbons (Fsp3) is 0.929. The van der Waals surface area contributed by atoms with Crippen molar-refractivity contribution in [2.45, 2.75) is 85.9 Å². The summed E-state index contributed by atoms with van der Waals surface area (Å²) in [7, 11) is 0. The van der Waals surface area contributed by atoms with E-state index in [1.807, 2.05) is 48.5 Å². The van der Waals surface area contributed by atoms with Gasteiger partial charge in [0.05, 0.1) is 0 Å². The van der Waals surface area contributed by atoms with E-state index in [-0.39, 0.29) is 17.6 Å². The van der Waals surface area contributed by atoms with Crippen molar-refractivity contribution >= 4 is 5.97 Å². The van der Waals surface area contributed by atoms with Gasteiger partial charge in [0.1, 0.15) is 11.6 Å². The van der Waals surface area contributed by atoms with Gasteiger partial charge in [-0.1, -0.05) is 27.7 Å². The van der Waals surface area contributed by atoms with Crippen molar-refractivity contribution in [2.24, 2.45) is 0 Å². The van der Waals surface area contributed by atoms with E-state index in [4.69, 9.17) is 4.74 Å². The molecule has 3 heteroatoms. The predicted molar refractivity (Wildman–Crippen MR) is 74.2 cm³/mol. The Morgan fingerprint density at radius 1 is 1.12 bits per heavy atom. The molecule has 17 heavy (non-hydrogen) atoms. The van der Waals surface area contributed by atoms with Crippen molar-refractivity contribution in [1.82, 2.24) is 5.32 Å². The van der Waals surface area contributed by atoms with Crippen LogP contribution in [-0.4, -0.2) is 23.7 Å². The van der Waals surface area contributed by atoms with Crippen molar-refractivity contribution in [2.75, 3.05) is 0 Å². The van der Waals surface area contributed by atoms with Crippen LogP contribution in [0.3, 0.4) is 0 Å². The Kier molecular flexibility index (Phi) is 10.5. The Morgan fingerprint density at radius 2 is 1.59 bits per heavy atom. The minimum atomic E-state index is -0.370. The van der Waals surface area contributed by atoms with Crippen LogP contribution in [0.25, 0.3) is 0 Å². The first-order valence-corrected chi connectivity index (χ1v) is 6.87. The topological polar surface area (TPSA) is 38.3 Å².